The van der Waals surface area contributed by atoms with Gasteiger partial charge in [-0.3, -0.25) is 9.78 Å². The first-order valence-corrected chi connectivity index (χ1v) is 7.82. The van der Waals surface area contributed by atoms with Gasteiger partial charge < -0.3 is 10.2 Å². The maximum Gasteiger partial charge on any atom is 0.274 e. The quantitative estimate of drug-likeness (QED) is 0.718. The van der Waals surface area contributed by atoms with E-state index in [0.717, 1.165) is 39.0 Å². The highest BCUT2D eigenvalue weighted by Crippen LogP contribution is 2.15. The lowest BCUT2D eigenvalue weighted by atomic mass is 9.93. The number of hydrogen-bond acceptors (Lipinski definition) is 5. The Morgan fingerprint density at radius 1 is 1.14 bits per heavy atom. The Kier molecular flexibility index (Phi) is 6.81. The summed E-state index contributed by atoms with van der Waals surface area (Å²) in [5, 5.41) is 11.2. The lowest BCUT2D eigenvalue weighted by Crippen LogP contribution is -2.28. The lowest BCUT2D eigenvalue weighted by molar-refractivity contribution is 0.298. The Hall–Kier alpha value is -1.43. The van der Waals surface area contributed by atoms with Gasteiger partial charge in [0.15, 0.2) is 0 Å². The van der Waals surface area contributed by atoms with Gasteiger partial charge in [0.05, 0.1) is 0 Å². The molecule has 0 bridgehead atoms. The molecule has 21 heavy (non-hydrogen) atoms. The molecule has 0 amide bonds. The molecule has 1 rings (SSSR count). The number of aromatic nitrogens is 3. The van der Waals surface area contributed by atoms with E-state index >= 15 is 0 Å². The van der Waals surface area contributed by atoms with Crippen molar-refractivity contribution in [2.24, 2.45) is 0 Å². The second kappa shape index (κ2) is 8.12. The van der Waals surface area contributed by atoms with Crippen LogP contribution in [0.1, 0.15) is 53.2 Å². The summed E-state index contributed by atoms with van der Waals surface area (Å²) in [5.74, 6) is 0.454. The van der Waals surface area contributed by atoms with Crippen LogP contribution in [-0.4, -0.2) is 46.3 Å². The minimum atomic E-state index is -0.289. The average Bonchev–Trinajstić information content (AvgIpc) is 2.41. The highest BCUT2D eigenvalue weighted by molar-refractivity contribution is 5.22. The molecule has 0 saturated carbocycles. The van der Waals surface area contributed by atoms with Crippen LogP contribution >= 0.6 is 0 Å². The first-order chi connectivity index (χ1) is 9.88. The van der Waals surface area contributed by atoms with Crippen molar-refractivity contribution in [3.63, 3.8) is 0 Å². The zero-order valence-electron chi connectivity index (χ0n) is 14.0. The minimum Gasteiger partial charge on any atom is -0.354 e. The fraction of sp³-hybridized carbons (Fsp3) is 0.800. The van der Waals surface area contributed by atoms with Crippen molar-refractivity contribution < 1.29 is 0 Å². The van der Waals surface area contributed by atoms with Crippen molar-refractivity contribution in [1.82, 2.24) is 20.1 Å². The Morgan fingerprint density at radius 3 is 2.33 bits per heavy atom. The predicted octanol–water partition coefficient (Wildman–Crippen LogP) is 2.00. The summed E-state index contributed by atoms with van der Waals surface area (Å²) in [5.41, 5.74) is 0.0146. The minimum absolute atomic E-state index is 0.164. The van der Waals surface area contributed by atoms with E-state index in [4.69, 9.17) is 0 Å². The monoisotopic (exact) mass is 295 g/mol. The van der Waals surface area contributed by atoms with Crippen molar-refractivity contribution in [1.29, 1.82) is 0 Å². The first kappa shape index (κ1) is 17.6. The summed E-state index contributed by atoms with van der Waals surface area (Å²) in [6.45, 7) is 14.3. The third-order valence-electron chi connectivity index (χ3n) is 3.50. The molecular formula is C15H29N5O. The second-order valence-corrected chi connectivity index (χ2v) is 6.26. The van der Waals surface area contributed by atoms with Crippen molar-refractivity contribution in [2.45, 2.75) is 52.9 Å². The molecule has 0 unspecified atom stereocenters. The maximum atomic E-state index is 11.9. The summed E-state index contributed by atoms with van der Waals surface area (Å²) < 4.78 is 0. The van der Waals surface area contributed by atoms with Crippen molar-refractivity contribution in [3.8, 4) is 0 Å². The van der Waals surface area contributed by atoms with E-state index in [9.17, 15) is 4.79 Å². The largest absolute Gasteiger partial charge is 0.354 e. The SMILES string of the molecule is CCN(CC)CCCCNc1nnc(C(C)(C)C)c(=O)[nH]1. The topological polar surface area (TPSA) is 73.9 Å². The van der Waals surface area contributed by atoms with Gasteiger partial charge in [0.1, 0.15) is 5.69 Å². The highest BCUT2D eigenvalue weighted by atomic mass is 16.1. The number of H-pyrrole nitrogens is 1. The molecule has 1 aromatic rings. The number of aromatic amines is 1. The van der Waals surface area contributed by atoms with Gasteiger partial charge in [0.25, 0.3) is 5.56 Å². The highest BCUT2D eigenvalue weighted by Gasteiger charge is 2.20. The van der Waals surface area contributed by atoms with Gasteiger partial charge in [-0.1, -0.05) is 34.6 Å². The van der Waals surface area contributed by atoms with Gasteiger partial charge in [-0.25, -0.2) is 0 Å². The number of rotatable bonds is 8. The number of unbranched alkanes of at least 4 members (excludes halogenated alkanes) is 1. The summed E-state index contributed by atoms with van der Waals surface area (Å²) in [6, 6.07) is 0. The second-order valence-electron chi connectivity index (χ2n) is 6.26. The van der Waals surface area contributed by atoms with Crippen LogP contribution in [0.4, 0.5) is 5.95 Å². The van der Waals surface area contributed by atoms with Gasteiger partial charge in [-0.05, 0) is 32.5 Å². The molecule has 0 spiro atoms. The third-order valence-corrected chi connectivity index (χ3v) is 3.50. The molecule has 0 aliphatic heterocycles. The van der Waals surface area contributed by atoms with Crippen LogP contribution in [-0.2, 0) is 5.41 Å². The van der Waals surface area contributed by atoms with E-state index in [0.29, 0.717) is 11.6 Å². The van der Waals surface area contributed by atoms with E-state index < -0.39 is 0 Å². The molecule has 1 aromatic heterocycles. The third kappa shape index (κ3) is 5.83. The Balaban J connectivity index is 2.40. The van der Waals surface area contributed by atoms with Crippen molar-refractivity contribution in [2.75, 3.05) is 31.5 Å². The van der Waals surface area contributed by atoms with Crippen molar-refractivity contribution >= 4 is 5.95 Å². The normalized spacial score (nSPS) is 11.9. The fourth-order valence-corrected chi connectivity index (χ4v) is 2.11. The van der Waals surface area contributed by atoms with Crippen LogP contribution < -0.4 is 10.9 Å². The molecule has 120 valence electrons. The molecule has 0 aliphatic rings. The number of nitrogens with zero attached hydrogens (tertiary/aromatic N) is 3. The van der Waals surface area contributed by atoms with Crippen molar-refractivity contribution in [3.05, 3.63) is 16.0 Å². The molecule has 0 radical (unpaired) electrons. The predicted molar refractivity (Wildman–Crippen MR) is 86.9 cm³/mol. The van der Waals surface area contributed by atoms with Crippen LogP contribution in [0.15, 0.2) is 4.79 Å². The van der Waals surface area contributed by atoms with E-state index in [-0.39, 0.29) is 11.0 Å². The fourth-order valence-electron chi connectivity index (χ4n) is 2.11. The van der Waals surface area contributed by atoms with Crippen LogP contribution in [0.2, 0.25) is 0 Å². The average molecular weight is 295 g/mol. The zero-order valence-corrected chi connectivity index (χ0v) is 14.0. The summed E-state index contributed by atoms with van der Waals surface area (Å²) in [6.07, 6.45) is 2.17. The number of nitrogens with one attached hydrogen (secondary N) is 2. The number of anilines is 1. The van der Waals surface area contributed by atoms with Crippen LogP contribution in [0.3, 0.4) is 0 Å². The number of hydrogen-bond donors (Lipinski definition) is 2. The van der Waals surface area contributed by atoms with Crippen LogP contribution in [0, 0.1) is 0 Å². The molecule has 6 nitrogen and oxygen atoms in total. The molecule has 0 saturated heterocycles. The van der Waals surface area contributed by atoms with Gasteiger partial charge >= 0.3 is 0 Å². The van der Waals surface area contributed by atoms with E-state index in [1.807, 2.05) is 20.8 Å². The van der Waals surface area contributed by atoms with Gasteiger partial charge in [0, 0.05) is 12.0 Å². The Labute approximate surface area is 127 Å². The molecule has 0 aromatic carbocycles. The van der Waals surface area contributed by atoms with Gasteiger partial charge in [0.2, 0.25) is 5.95 Å². The van der Waals surface area contributed by atoms with E-state index in [2.05, 4.69) is 39.2 Å². The summed E-state index contributed by atoms with van der Waals surface area (Å²) >= 11 is 0. The van der Waals surface area contributed by atoms with Crippen LogP contribution in [0.25, 0.3) is 0 Å². The zero-order chi connectivity index (χ0) is 15.9. The summed E-state index contributed by atoms with van der Waals surface area (Å²) in [7, 11) is 0. The smallest absolute Gasteiger partial charge is 0.274 e. The molecule has 1 heterocycles. The Morgan fingerprint density at radius 2 is 1.81 bits per heavy atom. The van der Waals surface area contributed by atoms with E-state index in [1.165, 1.54) is 0 Å². The molecule has 0 fully saturated rings. The van der Waals surface area contributed by atoms with E-state index in [1.54, 1.807) is 0 Å². The lowest BCUT2D eigenvalue weighted by Gasteiger charge is -2.17. The Bertz CT molecular complexity index is 474. The standard InChI is InChI=1S/C15H29N5O/c1-6-20(7-2)11-9-8-10-16-14-17-13(21)12(18-19-14)15(3,4)5/h6-11H2,1-5H3,(H2,16,17,19,21). The molecule has 2 N–H and O–H groups in total. The van der Waals surface area contributed by atoms with Gasteiger partial charge in [-0.15, -0.1) is 10.2 Å². The summed E-state index contributed by atoms with van der Waals surface area (Å²) in [4.78, 5) is 17.1. The molecule has 0 aliphatic carbocycles. The molecule has 6 heteroatoms. The van der Waals surface area contributed by atoms with Gasteiger partial charge in [-0.2, -0.15) is 0 Å². The molecular weight excluding hydrogens is 266 g/mol. The molecule has 0 atom stereocenters. The maximum absolute atomic E-state index is 11.9. The first-order valence-electron chi connectivity index (χ1n) is 7.82. The van der Waals surface area contributed by atoms with Crippen LogP contribution in [0.5, 0.6) is 0 Å².